The summed E-state index contributed by atoms with van der Waals surface area (Å²) >= 11 is 12.7. The molecule has 208 valence electrons. The summed E-state index contributed by atoms with van der Waals surface area (Å²) in [7, 11) is 1.55. The number of carbonyl (C=O) groups excluding carboxylic acids is 2. The first kappa shape index (κ1) is 28.0. The molecule has 9 heteroatoms. The number of rotatable bonds is 7. The van der Waals surface area contributed by atoms with Crippen LogP contribution < -0.4 is 15.4 Å². The zero-order valence-electron chi connectivity index (χ0n) is 22.5. The van der Waals surface area contributed by atoms with E-state index >= 15 is 0 Å². The van der Waals surface area contributed by atoms with Crippen molar-refractivity contribution in [3.63, 3.8) is 0 Å². The fourth-order valence-electron chi connectivity index (χ4n) is 5.33. The number of aromatic amines is 1. The third-order valence-corrected chi connectivity index (χ3v) is 7.92. The Balaban J connectivity index is 1.49. The molecule has 0 aliphatic heterocycles. The molecule has 0 fully saturated rings. The van der Waals surface area contributed by atoms with Crippen molar-refractivity contribution in [3.05, 3.63) is 87.0 Å². The Morgan fingerprint density at radius 2 is 1.77 bits per heavy atom. The second-order valence-electron chi connectivity index (χ2n) is 10.5. The Morgan fingerprint density at radius 1 is 1.02 bits per heavy atom. The Hall–Kier alpha value is -3.52. The van der Waals surface area contributed by atoms with E-state index in [9.17, 15) is 14.7 Å². The lowest BCUT2D eigenvalue weighted by Crippen LogP contribution is -2.54. The Bertz CT molecular complexity index is 1610. The van der Waals surface area contributed by atoms with Crippen LogP contribution in [0.2, 0.25) is 10.0 Å². The van der Waals surface area contributed by atoms with Gasteiger partial charge in [-0.25, -0.2) is 0 Å². The second kappa shape index (κ2) is 11.2. The first-order chi connectivity index (χ1) is 19.1. The number of amides is 2. The largest absolute Gasteiger partial charge is 0.490 e. The molecule has 0 saturated heterocycles. The lowest BCUT2D eigenvalue weighted by atomic mass is 9.80. The Labute approximate surface area is 242 Å². The molecule has 0 saturated carbocycles. The van der Waals surface area contributed by atoms with Crippen LogP contribution in [-0.2, 0) is 12.8 Å². The molecule has 40 heavy (non-hydrogen) atoms. The van der Waals surface area contributed by atoms with E-state index in [0.717, 1.165) is 33.3 Å². The smallest absolute Gasteiger partial charge is 0.255 e. The number of nitrogens with one attached hydrogen (secondary N) is 3. The third kappa shape index (κ3) is 5.42. The van der Waals surface area contributed by atoms with Crippen molar-refractivity contribution in [3.8, 4) is 16.9 Å². The van der Waals surface area contributed by atoms with Gasteiger partial charge in [0.25, 0.3) is 11.8 Å². The Morgan fingerprint density at radius 3 is 2.48 bits per heavy atom. The van der Waals surface area contributed by atoms with Crippen LogP contribution in [0.15, 0.2) is 54.6 Å². The van der Waals surface area contributed by atoms with Crippen molar-refractivity contribution in [2.45, 2.75) is 44.8 Å². The molecule has 0 spiro atoms. The summed E-state index contributed by atoms with van der Waals surface area (Å²) in [5.74, 6) is -0.187. The average Bonchev–Trinajstić information content (AvgIpc) is 3.29. The molecule has 2 amide bonds. The topological polar surface area (TPSA) is 103 Å². The average molecular weight is 581 g/mol. The van der Waals surface area contributed by atoms with E-state index in [-0.39, 0.29) is 24.5 Å². The molecular weight excluding hydrogens is 549 g/mol. The number of halogens is 2. The maximum Gasteiger partial charge on any atom is 0.255 e. The van der Waals surface area contributed by atoms with Gasteiger partial charge in [0.05, 0.1) is 34.4 Å². The maximum absolute atomic E-state index is 13.9. The molecule has 1 unspecified atom stereocenters. The molecule has 1 heterocycles. The number of carbonyl (C=O) groups is 2. The van der Waals surface area contributed by atoms with Crippen LogP contribution in [0.1, 0.15) is 52.2 Å². The molecule has 7 nitrogen and oxygen atoms in total. The quantitative estimate of drug-likeness (QED) is 0.217. The van der Waals surface area contributed by atoms with E-state index in [2.05, 4.69) is 15.6 Å². The van der Waals surface area contributed by atoms with E-state index < -0.39 is 5.54 Å². The number of aromatic nitrogens is 1. The number of hydrogen-bond donors (Lipinski definition) is 4. The summed E-state index contributed by atoms with van der Waals surface area (Å²) in [6.45, 7) is 3.57. The molecule has 0 bridgehead atoms. The monoisotopic (exact) mass is 579 g/mol. The van der Waals surface area contributed by atoms with Gasteiger partial charge in [0.1, 0.15) is 5.75 Å². The molecule has 1 atom stereocenters. The highest BCUT2D eigenvalue weighted by Crippen LogP contribution is 2.36. The molecule has 3 aromatic carbocycles. The molecule has 5 rings (SSSR count). The minimum absolute atomic E-state index is 0.154. The van der Waals surface area contributed by atoms with Gasteiger partial charge in [-0.1, -0.05) is 35.3 Å². The highest BCUT2D eigenvalue weighted by atomic mass is 35.5. The molecule has 0 radical (unpaired) electrons. The summed E-state index contributed by atoms with van der Waals surface area (Å²) < 4.78 is 5.99. The molecule has 4 N–H and O–H groups in total. The maximum atomic E-state index is 13.9. The van der Waals surface area contributed by atoms with Gasteiger partial charge in [0.2, 0.25) is 0 Å². The number of H-pyrrole nitrogens is 1. The van der Waals surface area contributed by atoms with Gasteiger partial charge in [-0.2, -0.15) is 0 Å². The number of fused-ring (bicyclic) bond motifs is 3. The van der Waals surface area contributed by atoms with Crippen molar-refractivity contribution in [1.29, 1.82) is 0 Å². The van der Waals surface area contributed by atoms with E-state index in [1.54, 1.807) is 37.4 Å². The van der Waals surface area contributed by atoms with Gasteiger partial charge in [0, 0.05) is 35.1 Å². The van der Waals surface area contributed by atoms with Crippen molar-refractivity contribution in [2.24, 2.45) is 0 Å². The number of benzene rings is 3. The van der Waals surface area contributed by atoms with Crippen molar-refractivity contribution in [1.82, 2.24) is 15.6 Å². The summed E-state index contributed by atoms with van der Waals surface area (Å²) in [5.41, 5.74) is 4.47. The first-order valence-corrected chi connectivity index (χ1v) is 13.9. The van der Waals surface area contributed by atoms with Crippen molar-refractivity contribution >= 4 is 45.9 Å². The minimum Gasteiger partial charge on any atom is -0.490 e. The standard InChI is InChI=1S/C31H31Cl2N3O4/c1-17(2)40-28-9-5-18(19-4-7-21(25(33)13-19)29(38)34-3)12-23(28)30(39)36-31(16-37)11-10-27-24(15-31)22-14-20(32)6-8-26(22)35-27/h4-9,12-14,17,35,37H,10-11,15-16H2,1-3H3,(H,34,38)(H,36,39). The van der Waals surface area contributed by atoms with Crippen LogP contribution in [0, 0.1) is 0 Å². The van der Waals surface area contributed by atoms with Gasteiger partial charge < -0.3 is 25.5 Å². The number of aliphatic hydroxyl groups excluding tert-OH is 1. The van der Waals surface area contributed by atoms with Crippen molar-refractivity contribution < 1.29 is 19.4 Å². The number of ether oxygens (including phenoxy) is 1. The SMILES string of the molecule is CNC(=O)c1ccc(-c2ccc(OC(C)C)c(C(=O)NC3(CO)CCc4[nH]c5ccc(Cl)cc5c4C3)c2)cc1Cl. The van der Waals surface area contributed by atoms with Gasteiger partial charge in [-0.05, 0) is 85.8 Å². The highest BCUT2D eigenvalue weighted by molar-refractivity contribution is 6.34. The summed E-state index contributed by atoms with van der Waals surface area (Å²) in [6.07, 6.45) is 1.55. The van der Waals surface area contributed by atoms with Crippen LogP contribution in [0.4, 0.5) is 0 Å². The summed E-state index contributed by atoms with van der Waals surface area (Å²) in [5, 5.41) is 18.2. The van der Waals surface area contributed by atoms with Crippen LogP contribution >= 0.6 is 23.2 Å². The van der Waals surface area contributed by atoms with Crippen LogP contribution in [-0.4, -0.2) is 47.2 Å². The zero-order chi connectivity index (χ0) is 28.6. The molecule has 1 aliphatic rings. The van der Waals surface area contributed by atoms with Crippen LogP contribution in [0.25, 0.3) is 22.0 Å². The summed E-state index contributed by atoms with van der Waals surface area (Å²) in [4.78, 5) is 29.4. The van der Waals surface area contributed by atoms with E-state index in [1.807, 2.05) is 38.1 Å². The predicted molar refractivity (Wildman–Crippen MR) is 159 cm³/mol. The molecule has 4 aromatic rings. The molecule has 1 aliphatic carbocycles. The van der Waals surface area contributed by atoms with Gasteiger partial charge in [0.15, 0.2) is 0 Å². The first-order valence-electron chi connectivity index (χ1n) is 13.2. The number of aliphatic hydroxyl groups is 1. The van der Waals surface area contributed by atoms with Crippen molar-refractivity contribution in [2.75, 3.05) is 13.7 Å². The fraction of sp³-hybridized carbons (Fsp3) is 0.290. The van der Waals surface area contributed by atoms with E-state index in [1.165, 1.54) is 0 Å². The van der Waals surface area contributed by atoms with Gasteiger partial charge in [-0.3, -0.25) is 9.59 Å². The Kier molecular flexibility index (Phi) is 7.82. The van der Waals surface area contributed by atoms with Crippen LogP contribution in [0.3, 0.4) is 0 Å². The van der Waals surface area contributed by atoms with E-state index in [0.29, 0.717) is 46.2 Å². The highest BCUT2D eigenvalue weighted by Gasteiger charge is 2.38. The molecular formula is C31H31Cl2N3O4. The van der Waals surface area contributed by atoms with Crippen LogP contribution in [0.5, 0.6) is 5.75 Å². The lowest BCUT2D eigenvalue weighted by molar-refractivity contribution is 0.0802. The normalized spacial score (nSPS) is 16.6. The zero-order valence-corrected chi connectivity index (χ0v) is 24.0. The predicted octanol–water partition coefficient (Wildman–Crippen LogP) is 5.94. The fourth-order valence-corrected chi connectivity index (χ4v) is 5.77. The van der Waals surface area contributed by atoms with Gasteiger partial charge >= 0.3 is 0 Å². The second-order valence-corrected chi connectivity index (χ2v) is 11.3. The number of aryl methyl sites for hydroxylation is 1. The third-order valence-electron chi connectivity index (χ3n) is 7.37. The lowest BCUT2D eigenvalue weighted by Gasteiger charge is -2.37. The van der Waals surface area contributed by atoms with E-state index in [4.69, 9.17) is 27.9 Å². The summed E-state index contributed by atoms with van der Waals surface area (Å²) in [6, 6.07) is 16.2. The number of hydrogen-bond acceptors (Lipinski definition) is 4. The van der Waals surface area contributed by atoms with Gasteiger partial charge in [-0.15, -0.1) is 0 Å². The minimum atomic E-state index is -0.856. The molecule has 1 aromatic heterocycles.